The van der Waals surface area contributed by atoms with Gasteiger partial charge in [-0.15, -0.1) is 11.6 Å². The third-order valence-electron chi connectivity index (χ3n) is 8.19. The zero-order valence-corrected chi connectivity index (χ0v) is 14.5. The SMILES string of the molecule is C[C@]12CC(Cl)C(=O)C[C@@H]1CC[C@@H]1[C@@H]2CC[C@]2(C)C(=O)CC[C@@H]12. The maximum atomic E-state index is 12.4. The highest BCUT2D eigenvalue weighted by atomic mass is 35.5. The predicted octanol–water partition coefficient (Wildman–Crippen LogP) is 4.38. The van der Waals surface area contributed by atoms with Gasteiger partial charge in [0.25, 0.3) is 0 Å². The van der Waals surface area contributed by atoms with Crippen LogP contribution >= 0.6 is 11.6 Å². The van der Waals surface area contributed by atoms with Gasteiger partial charge < -0.3 is 0 Å². The Bertz CT molecular complexity index is 530. The van der Waals surface area contributed by atoms with Crippen molar-refractivity contribution in [1.82, 2.24) is 0 Å². The molecule has 7 atom stereocenters. The minimum Gasteiger partial charge on any atom is -0.299 e. The Hall–Kier alpha value is -0.370. The van der Waals surface area contributed by atoms with Crippen LogP contribution in [-0.4, -0.2) is 16.9 Å². The van der Waals surface area contributed by atoms with Crippen LogP contribution in [0.1, 0.15) is 65.2 Å². The second-order valence-corrected chi connectivity index (χ2v) is 9.44. The van der Waals surface area contributed by atoms with E-state index < -0.39 is 0 Å². The van der Waals surface area contributed by atoms with E-state index in [1.54, 1.807) is 0 Å². The molecule has 4 fully saturated rings. The molecule has 4 aliphatic rings. The number of carbonyl (C=O) groups is 2. The molecule has 0 aliphatic heterocycles. The van der Waals surface area contributed by atoms with E-state index >= 15 is 0 Å². The number of hydrogen-bond acceptors (Lipinski definition) is 2. The summed E-state index contributed by atoms with van der Waals surface area (Å²) in [5, 5.41) is -0.279. The second kappa shape index (κ2) is 4.82. The molecule has 1 unspecified atom stereocenters. The van der Waals surface area contributed by atoms with Gasteiger partial charge in [0.05, 0.1) is 5.38 Å². The van der Waals surface area contributed by atoms with Crippen molar-refractivity contribution in [2.75, 3.05) is 0 Å². The average Bonchev–Trinajstić information content (AvgIpc) is 2.77. The maximum absolute atomic E-state index is 12.4. The fraction of sp³-hybridized carbons (Fsp3) is 0.895. The van der Waals surface area contributed by atoms with Crippen LogP contribution in [0.15, 0.2) is 0 Å². The van der Waals surface area contributed by atoms with Crippen LogP contribution in [0.4, 0.5) is 0 Å². The molecule has 0 radical (unpaired) electrons. The number of rotatable bonds is 0. The van der Waals surface area contributed by atoms with E-state index in [4.69, 9.17) is 11.6 Å². The summed E-state index contributed by atoms with van der Waals surface area (Å²) in [5.74, 6) is 3.24. The molecule has 122 valence electrons. The first kappa shape index (κ1) is 15.2. The van der Waals surface area contributed by atoms with Crippen LogP contribution in [0.2, 0.25) is 0 Å². The molecule has 0 aromatic heterocycles. The van der Waals surface area contributed by atoms with Crippen LogP contribution in [0.5, 0.6) is 0 Å². The van der Waals surface area contributed by atoms with Crippen molar-refractivity contribution in [2.24, 2.45) is 34.5 Å². The first-order valence-corrected chi connectivity index (χ1v) is 9.50. The second-order valence-electron chi connectivity index (χ2n) is 8.92. The first-order valence-electron chi connectivity index (χ1n) is 9.06. The van der Waals surface area contributed by atoms with Crippen molar-refractivity contribution in [3.05, 3.63) is 0 Å². The molecule has 2 nitrogen and oxygen atoms in total. The van der Waals surface area contributed by atoms with Gasteiger partial charge in [-0.1, -0.05) is 13.8 Å². The quantitative estimate of drug-likeness (QED) is 0.620. The Morgan fingerprint density at radius 2 is 1.82 bits per heavy atom. The lowest BCUT2D eigenvalue weighted by atomic mass is 9.45. The highest BCUT2D eigenvalue weighted by Gasteiger charge is 2.60. The van der Waals surface area contributed by atoms with E-state index in [1.165, 1.54) is 6.42 Å². The molecule has 4 saturated carbocycles. The summed E-state index contributed by atoms with van der Waals surface area (Å²) in [7, 11) is 0. The van der Waals surface area contributed by atoms with E-state index in [2.05, 4.69) is 13.8 Å². The molecule has 0 heterocycles. The van der Waals surface area contributed by atoms with Gasteiger partial charge in [-0.05, 0) is 67.6 Å². The van der Waals surface area contributed by atoms with Gasteiger partial charge in [0.1, 0.15) is 5.78 Å². The van der Waals surface area contributed by atoms with Gasteiger partial charge in [-0.25, -0.2) is 0 Å². The smallest absolute Gasteiger partial charge is 0.150 e. The summed E-state index contributed by atoms with van der Waals surface area (Å²) in [6, 6.07) is 0. The number of Topliss-reactive ketones (excluding diaryl/α,β-unsaturated/α-hetero) is 2. The molecule has 0 N–H and O–H groups in total. The number of hydrogen-bond donors (Lipinski definition) is 0. The topological polar surface area (TPSA) is 34.1 Å². The minimum atomic E-state index is -0.279. The van der Waals surface area contributed by atoms with Crippen molar-refractivity contribution >= 4 is 23.2 Å². The lowest BCUT2D eigenvalue weighted by Gasteiger charge is -2.59. The fourth-order valence-corrected chi connectivity index (χ4v) is 7.25. The van der Waals surface area contributed by atoms with Crippen LogP contribution in [-0.2, 0) is 9.59 Å². The number of ketones is 2. The average molecular weight is 323 g/mol. The van der Waals surface area contributed by atoms with E-state index in [0.717, 1.165) is 38.5 Å². The molecular weight excluding hydrogens is 296 g/mol. The number of carbonyl (C=O) groups excluding carboxylic acids is 2. The Labute approximate surface area is 138 Å². The summed E-state index contributed by atoms with van der Waals surface area (Å²) >= 11 is 6.37. The van der Waals surface area contributed by atoms with Crippen molar-refractivity contribution in [3.63, 3.8) is 0 Å². The first-order chi connectivity index (χ1) is 10.4. The lowest BCUT2D eigenvalue weighted by Crippen LogP contribution is -2.55. The van der Waals surface area contributed by atoms with Crippen LogP contribution in [0, 0.1) is 34.5 Å². The van der Waals surface area contributed by atoms with Crippen LogP contribution in [0.3, 0.4) is 0 Å². The summed E-state index contributed by atoms with van der Waals surface area (Å²) in [5.41, 5.74) is 0.172. The highest BCUT2D eigenvalue weighted by molar-refractivity contribution is 6.31. The van der Waals surface area contributed by atoms with Gasteiger partial charge in [0, 0.05) is 18.3 Å². The monoisotopic (exact) mass is 322 g/mol. The highest BCUT2D eigenvalue weighted by Crippen LogP contribution is 2.65. The molecule has 4 aliphatic carbocycles. The van der Waals surface area contributed by atoms with Crippen LogP contribution < -0.4 is 0 Å². The molecule has 0 spiro atoms. The van der Waals surface area contributed by atoms with Crippen LogP contribution in [0.25, 0.3) is 0 Å². The van der Waals surface area contributed by atoms with Gasteiger partial charge in [-0.3, -0.25) is 9.59 Å². The summed E-state index contributed by atoms with van der Waals surface area (Å²) in [6.07, 6.45) is 8.04. The number of fused-ring (bicyclic) bond motifs is 5. The van der Waals surface area contributed by atoms with E-state index in [1.807, 2.05) is 0 Å². The molecule has 0 amide bonds. The molecule has 0 bridgehead atoms. The molecule has 0 aromatic carbocycles. The summed E-state index contributed by atoms with van der Waals surface area (Å²) < 4.78 is 0. The molecule has 22 heavy (non-hydrogen) atoms. The molecule has 3 heteroatoms. The molecule has 0 aromatic rings. The Morgan fingerprint density at radius 1 is 1.05 bits per heavy atom. The fourth-order valence-electron chi connectivity index (χ4n) is 6.83. The Morgan fingerprint density at radius 3 is 2.59 bits per heavy atom. The summed E-state index contributed by atoms with van der Waals surface area (Å²) in [4.78, 5) is 24.4. The Kier molecular flexibility index (Phi) is 3.32. The van der Waals surface area contributed by atoms with Gasteiger partial charge >= 0.3 is 0 Å². The largest absolute Gasteiger partial charge is 0.299 e. The van der Waals surface area contributed by atoms with Gasteiger partial charge in [0.2, 0.25) is 0 Å². The van der Waals surface area contributed by atoms with Crippen molar-refractivity contribution in [3.8, 4) is 0 Å². The Balaban J connectivity index is 1.66. The third-order valence-corrected chi connectivity index (χ3v) is 8.59. The molecule has 0 saturated heterocycles. The normalized spacial score (nSPS) is 54.6. The molecule has 4 rings (SSSR count). The van der Waals surface area contributed by atoms with E-state index in [0.29, 0.717) is 35.9 Å². The van der Waals surface area contributed by atoms with E-state index in [9.17, 15) is 9.59 Å². The van der Waals surface area contributed by atoms with E-state index in [-0.39, 0.29) is 22.0 Å². The van der Waals surface area contributed by atoms with Gasteiger partial charge in [0.15, 0.2) is 5.78 Å². The number of alkyl halides is 1. The van der Waals surface area contributed by atoms with Gasteiger partial charge in [-0.2, -0.15) is 0 Å². The third kappa shape index (κ3) is 1.85. The lowest BCUT2D eigenvalue weighted by molar-refractivity contribution is -0.143. The predicted molar refractivity (Wildman–Crippen MR) is 86.8 cm³/mol. The molecular formula is C19H27ClO2. The maximum Gasteiger partial charge on any atom is 0.150 e. The van der Waals surface area contributed by atoms with Crippen molar-refractivity contribution in [2.45, 2.75) is 70.6 Å². The number of halogens is 1. The zero-order valence-electron chi connectivity index (χ0n) is 13.7. The standard InChI is InChI=1S/C19H27ClO2/c1-18-8-7-14-12(13(18)5-6-17(18)22)4-3-11-9-16(21)15(20)10-19(11,14)2/h11-15H,3-10H2,1-2H3/t11-,12-,13-,14-,15?,18-,19-/m0/s1. The zero-order chi connectivity index (χ0) is 15.7. The summed E-state index contributed by atoms with van der Waals surface area (Å²) in [6.45, 7) is 4.63. The minimum absolute atomic E-state index is 0.0464. The van der Waals surface area contributed by atoms with Crippen molar-refractivity contribution in [1.29, 1.82) is 0 Å². The van der Waals surface area contributed by atoms with Crippen molar-refractivity contribution < 1.29 is 9.59 Å².